The molecule has 0 aliphatic heterocycles. The Morgan fingerprint density at radius 1 is 1.04 bits per heavy atom. The maximum absolute atomic E-state index is 12.5. The highest BCUT2D eigenvalue weighted by molar-refractivity contribution is 6.07. The zero-order chi connectivity index (χ0) is 17.0. The lowest BCUT2D eigenvalue weighted by Crippen LogP contribution is -2.42. The maximum Gasteiger partial charge on any atom is 0.236 e. The van der Waals surface area contributed by atoms with Crippen molar-refractivity contribution in [3.63, 3.8) is 0 Å². The number of hydrogen-bond donors (Lipinski definition) is 2. The third kappa shape index (κ3) is 3.62. The number of nitrogens with zero attached hydrogens (tertiary/aromatic N) is 1. The summed E-state index contributed by atoms with van der Waals surface area (Å²) in [5.74, 6) is -0.405. The van der Waals surface area contributed by atoms with Gasteiger partial charge >= 0.3 is 0 Å². The highest BCUT2D eigenvalue weighted by Gasteiger charge is 2.56. The molecule has 2 N–H and O–H groups in total. The molecule has 3 rings (SSSR count). The van der Waals surface area contributed by atoms with Gasteiger partial charge in [-0.05, 0) is 37.5 Å². The maximum atomic E-state index is 12.5. The summed E-state index contributed by atoms with van der Waals surface area (Å²) in [6.07, 6.45) is 2.88. The number of nitrogens with one attached hydrogen (secondary N) is 2. The van der Waals surface area contributed by atoms with Gasteiger partial charge < -0.3 is 10.6 Å². The van der Waals surface area contributed by atoms with Crippen LogP contribution in [0.15, 0.2) is 48.7 Å². The number of aromatic nitrogens is 1. The fraction of sp³-hybridized carbons (Fsp3) is 0.316. The molecule has 1 fully saturated rings. The molecule has 1 heterocycles. The van der Waals surface area contributed by atoms with E-state index in [1.54, 1.807) is 6.20 Å². The first-order chi connectivity index (χ1) is 11.6. The summed E-state index contributed by atoms with van der Waals surface area (Å²) in [5.41, 5.74) is 2.06. The summed E-state index contributed by atoms with van der Waals surface area (Å²) >= 11 is 0. The molecule has 0 unspecified atom stereocenters. The van der Waals surface area contributed by atoms with E-state index in [0.29, 0.717) is 25.9 Å². The molecule has 124 valence electrons. The van der Waals surface area contributed by atoms with Crippen molar-refractivity contribution in [2.45, 2.75) is 32.9 Å². The third-order valence-corrected chi connectivity index (χ3v) is 4.31. The van der Waals surface area contributed by atoms with Crippen molar-refractivity contribution in [3.05, 3.63) is 65.5 Å². The number of aryl methyl sites for hydroxylation is 1. The first-order valence-electron chi connectivity index (χ1n) is 8.12. The Bertz CT molecular complexity index is 739. The molecule has 0 saturated heterocycles. The third-order valence-electron chi connectivity index (χ3n) is 4.31. The van der Waals surface area contributed by atoms with E-state index < -0.39 is 5.41 Å². The van der Waals surface area contributed by atoms with Gasteiger partial charge in [0.05, 0.1) is 12.2 Å². The van der Waals surface area contributed by atoms with Gasteiger partial charge in [-0.25, -0.2) is 0 Å². The highest BCUT2D eigenvalue weighted by atomic mass is 16.2. The number of carbonyl (C=O) groups excluding carboxylic acids is 2. The van der Waals surface area contributed by atoms with Crippen molar-refractivity contribution >= 4 is 11.8 Å². The Morgan fingerprint density at radius 3 is 2.42 bits per heavy atom. The van der Waals surface area contributed by atoms with E-state index in [-0.39, 0.29) is 11.8 Å². The number of pyridine rings is 1. The van der Waals surface area contributed by atoms with E-state index in [4.69, 9.17) is 0 Å². The van der Waals surface area contributed by atoms with Crippen LogP contribution in [-0.2, 0) is 22.7 Å². The number of benzene rings is 1. The van der Waals surface area contributed by atoms with Crippen molar-refractivity contribution in [2.24, 2.45) is 5.41 Å². The summed E-state index contributed by atoms with van der Waals surface area (Å²) in [4.78, 5) is 29.0. The Balaban J connectivity index is 1.54. The second kappa shape index (κ2) is 6.83. The second-order valence-electron chi connectivity index (χ2n) is 6.26. The zero-order valence-electron chi connectivity index (χ0n) is 13.7. The Kier molecular flexibility index (Phi) is 4.60. The van der Waals surface area contributed by atoms with Crippen molar-refractivity contribution < 1.29 is 9.59 Å². The van der Waals surface area contributed by atoms with E-state index in [2.05, 4.69) is 15.6 Å². The minimum Gasteiger partial charge on any atom is -0.351 e. The van der Waals surface area contributed by atoms with E-state index in [0.717, 1.165) is 16.8 Å². The molecule has 0 bridgehead atoms. The predicted octanol–water partition coefficient (Wildman–Crippen LogP) is 2.10. The van der Waals surface area contributed by atoms with Crippen LogP contribution in [0.25, 0.3) is 0 Å². The average molecular weight is 323 g/mol. The lowest BCUT2D eigenvalue weighted by atomic mass is 10.0. The zero-order valence-corrected chi connectivity index (χ0v) is 13.7. The van der Waals surface area contributed by atoms with Crippen LogP contribution in [0.4, 0.5) is 0 Å². The topological polar surface area (TPSA) is 71.1 Å². The molecule has 24 heavy (non-hydrogen) atoms. The van der Waals surface area contributed by atoms with Gasteiger partial charge in [0.2, 0.25) is 11.8 Å². The molecular weight excluding hydrogens is 302 g/mol. The number of amides is 2. The monoisotopic (exact) mass is 323 g/mol. The van der Waals surface area contributed by atoms with E-state index in [1.165, 1.54) is 0 Å². The standard InChI is InChI=1S/C19H21N3O2/c1-14-5-4-6-15(11-14)12-21-17(23)19(8-9-19)18(24)22-13-16-7-2-3-10-20-16/h2-7,10-11H,8-9,12-13H2,1H3,(H,21,23)(H,22,24). The average Bonchev–Trinajstić information content (AvgIpc) is 3.40. The van der Waals surface area contributed by atoms with Crippen molar-refractivity contribution in [1.82, 2.24) is 15.6 Å². The molecule has 0 spiro atoms. The van der Waals surface area contributed by atoms with Gasteiger partial charge in [-0.15, -0.1) is 0 Å². The van der Waals surface area contributed by atoms with Crippen LogP contribution in [0.3, 0.4) is 0 Å². The van der Waals surface area contributed by atoms with Crippen LogP contribution in [0.5, 0.6) is 0 Å². The van der Waals surface area contributed by atoms with Crippen molar-refractivity contribution in [3.8, 4) is 0 Å². The summed E-state index contributed by atoms with van der Waals surface area (Å²) in [5, 5.41) is 5.72. The first-order valence-corrected chi connectivity index (χ1v) is 8.12. The predicted molar refractivity (Wildman–Crippen MR) is 90.8 cm³/mol. The van der Waals surface area contributed by atoms with Crippen LogP contribution in [0.1, 0.15) is 29.7 Å². The molecule has 1 aliphatic rings. The van der Waals surface area contributed by atoms with Crippen LogP contribution in [0, 0.1) is 12.3 Å². The summed E-state index contributed by atoms with van der Waals surface area (Å²) < 4.78 is 0. The lowest BCUT2D eigenvalue weighted by molar-refractivity contribution is -0.137. The Hall–Kier alpha value is -2.69. The first kappa shape index (κ1) is 16.2. The Morgan fingerprint density at radius 2 is 1.79 bits per heavy atom. The highest BCUT2D eigenvalue weighted by Crippen LogP contribution is 2.46. The van der Waals surface area contributed by atoms with Gasteiger partial charge in [0.25, 0.3) is 0 Å². The quantitative estimate of drug-likeness (QED) is 0.800. The fourth-order valence-corrected chi connectivity index (χ4v) is 2.70. The molecule has 1 aliphatic carbocycles. The minimum absolute atomic E-state index is 0.192. The van der Waals surface area contributed by atoms with Crippen LogP contribution in [-0.4, -0.2) is 16.8 Å². The molecule has 5 heteroatoms. The number of carbonyl (C=O) groups is 2. The lowest BCUT2D eigenvalue weighted by Gasteiger charge is -2.15. The molecule has 0 atom stereocenters. The molecule has 1 aromatic heterocycles. The fourth-order valence-electron chi connectivity index (χ4n) is 2.70. The SMILES string of the molecule is Cc1cccc(CNC(=O)C2(C(=O)NCc3ccccn3)CC2)c1. The van der Waals surface area contributed by atoms with Crippen molar-refractivity contribution in [1.29, 1.82) is 0 Å². The minimum atomic E-state index is -0.904. The second-order valence-corrected chi connectivity index (χ2v) is 6.26. The molecule has 2 aromatic rings. The smallest absolute Gasteiger partial charge is 0.236 e. The van der Waals surface area contributed by atoms with Gasteiger partial charge in [-0.2, -0.15) is 0 Å². The molecule has 5 nitrogen and oxygen atoms in total. The Labute approximate surface area is 141 Å². The summed E-state index contributed by atoms with van der Waals surface area (Å²) in [6.45, 7) is 2.79. The van der Waals surface area contributed by atoms with Gasteiger partial charge in [-0.3, -0.25) is 14.6 Å². The summed E-state index contributed by atoms with van der Waals surface area (Å²) in [7, 11) is 0. The van der Waals surface area contributed by atoms with Gasteiger partial charge in [0, 0.05) is 12.7 Å². The van der Waals surface area contributed by atoms with E-state index in [9.17, 15) is 9.59 Å². The number of hydrogen-bond acceptors (Lipinski definition) is 3. The molecule has 1 saturated carbocycles. The van der Waals surface area contributed by atoms with Gasteiger partial charge in [-0.1, -0.05) is 35.9 Å². The van der Waals surface area contributed by atoms with E-state index >= 15 is 0 Å². The van der Waals surface area contributed by atoms with Crippen LogP contribution in [0.2, 0.25) is 0 Å². The normalized spacial score (nSPS) is 14.7. The van der Waals surface area contributed by atoms with Crippen molar-refractivity contribution in [2.75, 3.05) is 0 Å². The number of rotatable bonds is 6. The largest absolute Gasteiger partial charge is 0.351 e. The molecular formula is C19H21N3O2. The molecule has 2 amide bonds. The van der Waals surface area contributed by atoms with E-state index in [1.807, 2.05) is 49.4 Å². The van der Waals surface area contributed by atoms with Gasteiger partial charge in [0.15, 0.2) is 0 Å². The van der Waals surface area contributed by atoms with Crippen LogP contribution >= 0.6 is 0 Å². The molecule has 0 radical (unpaired) electrons. The van der Waals surface area contributed by atoms with Crippen LogP contribution < -0.4 is 10.6 Å². The summed E-state index contributed by atoms with van der Waals surface area (Å²) in [6, 6.07) is 13.5. The molecule has 1 aromatic carbocycles. The van der Waals surface area contributed by atoms with Gasteiger partial charge in [0.1, 0.15) is 5.41 Å².